The normalized spacial score (nSPS) is 11.2. The highest BCUT2D eigenvalue weighted by molar-refractivity contribution is 5.97. The lowest BCUT2D eigenvalue weighted by molar-refractivity contribution is -0.117. The lowest BCUT2D eigenvalue weighted by atomic mass is 10.1. The van der Waals surface area contributed by atoms with E-state index in [0.29, 0.717) is 12.1 Å². The number of hydrogen-bond donors (Lipinski definition) is 2. The molecule has 2 aromatic carbocycles. The van der Waals surface area contributed by atoms with Crippen molar-refractivity contribution >= 4 is 28.4 Å². The van der Waals surface area contributed by atoms with Gasteiger partial charge in [0.05, 0.1) is 5.52 Å². The van der Waals surface area contributed by atoms with Crippen molar-refractivity contribution in [1.29, 1.82) is 0 Å². The van der Waals surface area contributed by atoms with Crippen LogP contribution >= 0.6 is 0 Å². The average Bonchev–Trinajstić information content (AvgIpc) is 2.96. The average molecular weight is 378 g/mol. The second-order valence-corrected chi connectivity index (χ2v) is 6.49. The summed E-state index contributed by atoms with van der Waals surface area (Å²) in [6.45, 7) is 4.31. The van der Waals surface area contributed by atoms with E-state index in [0.717, 1.165) is 22.9 Å². The standard InChI is InChI=1S/C21H22N4O3/c1-3-11-25-17-10-9-14(2)12-16(17)19(21(25)28)24-23-18(26)13-22-20(27)15-7-5-4-6-8-15/h4-10,12,28H,3,11,13H2,1-2H3,(H,22,27). The fourth-order valence-electron chi connectivity index (χ4n) is 2.97. The number of carbonyl (C=O) groups excluding carboxylic acids is 2. The number of nitrogens with zero attached hydrogens (tertiary/aromatic N) is 3. The molecule has 0 spiro atoms. The molecule has 3 aromatic rings. The summed E-state index contributed by atoms with van der Waals surface area (Å²) in [5, 5.41) is 21.4. The molecule has 1 heterocycles. The molecule has 3 rings (SSSR count). The first-order chi connectivity index (χ1) is 13.5. The molecule has 1 aromatic heterocycles. The number of nitrogens with one attached hydrogen (secondary N) is 1. The van der Waals surface area contributed by atoms with Gasteiger partial charge in [-0.1, -0.05) is 36.8 Å². The van der Waals surface area contributed by atoms with Gasteiger partial charge in [-0.05, 0) is 37.6 Å². The van der Waals surface area contributed by atoms with Crippen LogP contribution in [0.4, 0.5) is 5.69 Å². The molecule has 0 bridgehead atoms. The summed E-state index contributed by atoms with van der Waals surface area (Å²) in [7, 11) is 0. The molecule has 0 aliphatic carbocycles. The summed E-state index contributed by atoms with van der Waals surface area (Å²) in [6, 6.07) is 14.4. The Morgan fingerprint density at radius 2 is 1.89 bits per heavy atom. The topological polar surface area (TPSA) is 96.0 Å². The van der Waals surface area contributed by atoms with E-state index in [9.17, 15) is 14.7 Å². The molecular weight excluding hydrogens is 356 g/mol. The Morgan fingerprint density at radius 3 is 2.61 bits per heavy atom. The van der Waals surface area contributed by atoms with Crippen LogP contribution in [0, 0.1) is 6.92 Å². The van der Waals surface area contributed by atoms with Crippen LogP contribution < -0.4 is 5.32 Å². The van der Waals surface area contributed by atoms with E-state index < -0.39 is 5.91 Å². The zero-order valence-corrected chi connectivity index (χ0v) is 15.8. The third-order valence-corrected chi connectivity index (χ3v) is 4.31. The number of benzene rings is 2. The summed E-state index contributed by atoms with van der Waals surface area (Å²) in [4.78, 5) is 24.0. The van der Waals surface area contributed by atoms with Crippen molar-refractivity contribution in [2.24, 2.45) is 10.2 Å². The summed E-state index contributed by atoms with van der Waals surface area (Å²) in [5.74, 6) is -0.984. The van der Waals surface area contributed by atoms with Gasteiger partial charge in [0.15, 0.2) is 5.69 Å². The number of aromatic hydroxyl groups is 1. The molecule has 0 radical (unpaired) electrons. The maximum atomic E-state index is 12.0. The molecule has 0 fully saturated rings. The largest absolute Gasteiger partial charge is 0.493 e. The summed E-state index contributed by atoms with van der Waals surface area (Å²) < 4.78 is 1.75. The van der Waals surface area contributed by atoms with Gasteiger partial charge in [0.25, 0.3) is 11.8 Å². The fraction of sp³-hybridized carbons (Fsp3) is 0.238. The van der Waals surface area contributed by atoms with Crippen LogP contribution in [0.25, 0.3) is 10.9 Å². The Labute approximate surface area is 162 Å². The van der Waals surface area contributed by atoms with Crippen molar-refractivity contribution in [3.05, 3.63) is 59.7 Å². The molecule has 0 aliphatic heterocycles. The molecule has 28 heavy (non-hydrogen) atoms. The van der Waals surface area contributed by atoms with Crippen molar-refractivity contribution in [1.82, 2.24) is 9.88 Å². The van der Waals surface area contributed by atoms with Crippen LogP contribution in [0.2, 0.25) is 0 Å². The smallest absolute Gasteiger partial charge is 0.283 e. The molecular formula is C21H22N4O3. The molecule has 7 nitrogen and oxygen atoms in total. The lowest BCUT2D eigenvalue weighted by Crippen LogP contribution is -2.28. The third kappa shape index (κ3) is 4.09. The highest BCUT2D eigenvalue weighted by Gasteiger charge is 2.17. The van der Waals surface area contributed by atoms with Gasteiger partial charge in [0, 0.05) is 17.5 Å². The minimum absolute atomic E-state index is 0.0210. The molecule has 2 N–H and O–H groups in total. The summed E-state index contributed by atoms with van der Waals surface area (Å²) in [5.41, 5.74) is 2.57. The zero-order chi connectivity index (χ0) is 20.1. The molecule has 144 valence electrons. The first-order valence-electron chi connectivity index (χ1n) is 9.11. The number of rotatable bonds is 6. The number of azo groups is 1. The maximum Gasteiger partial charge on any atom is 0.283 e. The van der Waals surface area contributed by atoms with Gasteiger partial charge in [-0.2, -0.15) is 0 Å². The summed E-state index contributed by atoms with van der Waals surface area (Å²) in [6.07, 6.45) is 0.840. The van der Waals surface area contributed by atoms with Crippen LogP contribution in [-0.4, -0.2) is 28.0 Å². The van der Waals surface area contributed by atoms with Gasteiger partial charge in [-0.15, -0.1) is 10.2 Å². The monoisotopic (exact) mass is 378 g/mol. The molecule has 2 amide bonds. The highest BCUT2D eigenvalue weighted by Crippen LogP contribution is 2.39. The fourth-order valence-corrected chi connectivity index (χ4v) is 2.97. The SMILES string of the molecule is CCCn1c(O)c(N=NC(=O)CNC(=O)c2ccccc2)c2cc(C)ccc21. The number of hydrogen-bond acceptors (Lipinski definition) is 4. The van der Waals surface area contributed by atoms with Crippen molar-refractivity contribution in [2.45, 2.75) is 26.8 Å². The van der Waals surface area contributed by atoms with Crippen LogP contribution in [0.1, 0.15) is 29.3 Å². The molecule has 0 saturated heterocycles. The highest BCUT2D eigenvalue weighted by atomic mass is 16.3. The Bertz CT molecular complexity index is 1040. The van der Waals surface area contributed by atoms with E-state index in [4.69, 9.17) is 0 Å². The van der Waals surface area contributed by atoms with Crippen molar-refractivity contribution in [3.63, 3.8) is 0 Å². The Hall–Kier alpha value is -3.48. The van der Waals surface area contributed by atoms with Gasteiger partial charge in [0.2, 0.25) is 5.88 Å². The van der Waals surface area contributed by atoms with Crippen LogP contribution in [0.15, 0.2) is 58.8 Å². The Morgan fingerprint density at radius 1 is 1.14 bits per heavy atom. The molecule has 0 saturated carbocycles. The van der Waals surface area contributed by atoms with Gasteiger partial charge in [0.1, 0.15) is 6.54 Å². The van der Waals surface area contributed by atoms with Crippen LogP contribution in [0.5, 0.6) is 5.88 Å². The second kappa shape index (κ2) is 8.47. The molecule has 0 atom stereocenters. The summed E-state index contributed by atoms with van der Waals surface area (Å²) >= 11 is 0. The van der Waals surface area contributed by atoms with Crippen molar-refractivity contribution < 1.29 is 14.7 Å². The van der Waals surface area contributed by atoms with Gasteiger partial charge < -0.3 is 15.0 Å². The van der Waals surface area contributed by atoms with E-state index in [-0.39, 0.29) is 24.0 Å². The molecule has 7 heteroatoms. The van der Waals surface area contributed by atoms with E-state index in [1.165, 1.54) is 0 Å². The predicted octanol–water partition coefficient (Wildman–Crippen LogP) is 4.11. The first kappa shape index (κ1) is 19.3. The van der Waals surface area contributed by atoms with Gasteiger partial charge in [-0.3, -0.25) is 9.59 Å². The van der Waals surface area contributed by atoms with E-state index >= 15 is 0 Å². The second-order valence-electron chi connectivity index (χ2n) is 6.49. The Balaban J connectivity index is 1.77. The minimum Gasteiger partial charge on any atom is -0.493 e. The van der Waals surface area contributed by atoms with E-state index in [1.54, 1.807) is 34.9 Å². The minimum atomic E-state index is -0.604. The molecule has 0 unspecified atom stereocenters. The number of amides is 2. The van der Waals surface area contributed by atoms with Crippen molar-refractivity contribution in [3.8, 4) is 5.88 Å². The third-order valence-electron chi connectivity index (χ3n) is 4.31. The van der Waals surface area contributed by atoms with Gasteiger partial charge in [-0.25, -0.2) is 0 Å². The predicted molar refractivity (Wildman–Crippen MR) is 107 cm³/mol. The maximum absolute atomic E-state index is 12.0. The zero-order valence-electron chi connectivity index (χ0n) is 15.8. The number of carbonyl (C=O) groups is 2. The molecule has 0 aliphatic rings. The number of fused-ring (bicyclic) bond motifs is 1. The van der Waals surface area contributed by atoms with Crippen LogP contribution in [0.3, 0.4) is 0 Å². The van der Waals surface area contributed by atoms with Crippen molar-refractivity contribution in [2.75, 3.05) is 6.54 Å². The lowest BCUT2D eigenvalue weighted by Gasteiger charge is -2.04. The number of aromatic nitrogens is 1. The van der Waals surface area contributed by atoms with E-state index in [2.05, 4.69) is 15.5 Å². The quantitative estimate of drug-likeness (QED) is 0.632. The van der Waals surface area contributed by atoms with Crippen LogP contribution in [-0.2, 0) is 11.3 Å². The van der Waals surface area contributed by atoms with Gasteiger partial charge >= 0.3 is 0 Å². The Kier molecular flexibility index (Phi) is 5.84. The van der Waals surface area contributed by atoms with E-state index in [1.807, 2.05) is 32.0 Å². The number of aryl methyl sites for hydroxylation is 2. The first-order valence-corrected chi connectivity index (χ1v) is 9.11.